The average Bonchev–Trinajstić information content (AvgIpc) is 3.18. The number of hydrogen-bond donors (Lipinski definition) is 0. The van der Waals surface area contributed by atoms with Gasteiger partial charge >= 0.3 is 0 Å². The number of rotatable bonds is 4. The van der Waals surface area contributed by atoms with Gasteiger partial charge in [-0.15, -0.1) is 11.3 Å². The van der Waals surface area contributed by atoms with E-state index in [9.17, 15) is 4.79 Å². The number of hydrogen-bond acceptors (Lipinski definition) is 4. The number of thiophene rings is 1. The number of ketones is 1. The van der Waals surface area contributed by atoms with E-state index in [1.807, 2.05) is 42.6 Å². The monoisotopic (exact) mass is 382 g/mol. The van der Waals surface area contributed by atoms with Gasteiger partial charge in [-0.05, 0) is 53.8 Å². The molecule has 5 heteroatoms. The Morgan fingerprint density at radius 1 is 1.15 bits per heavy atom. The lowest BCUT2D eigenvalue weighted by molar-refractivity contribution is 0.101. The lowest BCUT2D eigenvalue weighted by atomic mass is 10.1. The van der Waals surface area contributed by atoms with E-state index in [-0.39, 0.29) is 5.78 Å². The van der Waals surface area contributed by atoms with Crippen molar-refractivity contribution in [2.75, 3.05) is 0 Å². The number of Topliss-reactive ketones (excluding diaryl/α,β-unsaturated/α-hetero) is 1. The van der Waals surface area contributed by atoms with Gasteiger partial charge in [0.1, 0.15) is 18.1 Å². The third kappa shape index (κ3) is 3.39. The molecular formula is C21H15ClO3S. The Morgan fingerprint density at radius 3 is 2.69 bits per heavy atom. The van der Waals surface area contributed by atoms with E-state index >= 15 is 0 Å². The molecule has 0 unspecified atom stereocenters. The van der Waals surface area contributed by atoms with Crippen LogP contribution >= 0.6 is 22.9 Å². The number of halogens is 1. The second kappa shape index (κ2) is 6.98. The number of fused-ring (bicyclic) bond motifs is 1. The molecule has 0 spiro atoms. The number of benzene rings is 2. The lowest BCUT2D eigenvalue weighted by Gasteiger charge is -2.07. The van der Waals surface area contributed by atoms with Gasteiger partial charge in [-0.3, -0.25) is 4.79 Å². The van der Waals surface area contributed by atoms with Crippen molar-refractivity contribution in [3.05, 3.63) is 86.3 Å². The van der Waals surface area contributed by atoms with Gasteiger partial charge in [0.25, 0.3) is 0 Å². The fourth-order valence-corrected chi connectivity index (χ4v) is 3.63. The summed E-state index contributed by atoms with van der Waals surface area (Å²) in [6, 6.07) is 14.8. The molecule has 1 aliphatic heterocycles. The third-order valence-electron chi connectivity index (χ3n) is 4.12. The maximum absolute atomic E-state index is 12.5. The fraction of sp³-hybridized carbons (Fsp3) is 0.0952. The molecule has 0 saturated heterocycles. The molecule has 0 fully saturated rings. The average molecular weight is 383 g/mol. The van der Waals surface area contributed by atoms with Crippen molar-refractivity contribution in [1.82, 2.24) is 0 Å². The van der Waals surface area contributed by atoms with Crippen molar-refractivity contribution in [3.63, 3.8) is 0 Å². The minimum atomic E-state index is -0.1000. The van der Waals surface area contributed by atoms with E-state index in [0.717, 1.165) is 16.0 Å². The third-order valence-corrected chi connectivity index (χ3v) is 5.34. The van der Waals surface area contributed by atoms with Gasteiger partial charge < -0.3 is 9.47 Å². The highest BCUT2D eigenvalue weighted by Gasteiger charge is 2.28. The number of aryl methyl sites for hydroxylation is 1. The number of carbonyl (C=O) groups is 1. The first-order valence-electron chi connectivity index (χ1n) is 8.10. The van der Waals surface area contributed by atoms with Gasteiger partial charge in [-0.2, -0.15) is 0 Å². The second-order valence-corrected chi connectivity index (χ2v) is 7.36. The maximum atomic E-state index is 12.5. The Labute approximate surface area is 160 Å². The maximum Gasteiger partial charge on any atom is 0.232 e. The van der Waals surface area contributed by atoms with Crippen LogP contribution in [0.4, 0.5) is 0 Å². The zero-order chi connectivity index (χ0) is 18.1. The zero-order valence-corrected chi connectivity index (χ0v) is 15.6. The lowest BCUT2D eigenvalue weighted by Crippen LogP contribution is -1.97. The molecule has 1 aliphatic rings. The highest BCUT2D eigenvalue weighted by molar-refractivity contribution is 7.11. The molecule has 0 saturated carbocycles. The van der Waals surface area contributed by atoms with Crippen LogP contribution in [0.15, 0.2) is 59.7 Å². The molecule has 2 heterocycles. The zero-order valence-electron chi connectivity index (χ0n) is 14.0. The predicted molar refractivity (Wildman–Crippen MR) is 104 cm³/mol. The van der Waals surface area contributed by atoms with Crippen LogP contribution in [-0.4, -0.2) is 5.78 Å². The molecule has 1 aromatic heterocycles. The molecule has 0 N–H and O–H groups in total. The first-order valence-corrected chi connectivity index (χ1v) is 9.35. The van der Waals surface area contributed by atoms with Crippen LogP contribution in [0.3, 0.4) is 0 Å². The van der Waals surface area contributed by atoms with Gasteiger partial charge in [0, 0.05) is 22.0 Å². The molecule has 3 nitrogen and oxygen atoms in total. The summed E-state index contributed by atoms with van der Waals surface area (Å²) in [4.78, 5) is 13.5. The Morgan fingerprint density at radius 2 is 1.96 bits per heavy atom. The summed E-state index contributed by atoms with van der Waals surface area (Å²) in [6.07, 6.45) is 1.80. The highest BCUT2D eigenvalue weighted by atomic mass is 35.5. The molecule has 26 heavy (non-hydrogen) atoms. The normalized spacial score (nSPS) is 14.4. The smallest absolute Gasteiger partial charge is 0.232 e. The topological polar surface area (TPSA) is 35.5 Å². The van der Waals surface area contributed by atoms with Gasteiger partial charge in [-0.25, -0.2) is 0 Å². The molecule has 0 aliphatic carbocycles. The quantitative estimate of drug-likeness (QED) is 0.526. The van der Waals surface area contributed by atoms with Gasteiger partial charge in [0.2, 0.25) is 5.78 Å². The Hall–Kier alpha value is -2.56. The van der Waals surface area contributed by atoms with Crippen LogP contribution in [-0.2, 0) is 6.61 Å². The van der Waals surface area contributed by atoms with E-state index < -0.39 is 0 Å². The summed E-state index contributed by atoms with van der Waals surface area (Å²) >= 11 is 7.47. The Bertz CT molecular complexity index is 1000. The number of carbonyl (C=O) groups excluding carboxylic acids is 1. The van der Waals surface area contributed by atoms with Crippen LogP contribution in [0.25, 0.3) is 6.08 Å². The molecular weight excluding hydrogens is 368 g/mol. The summed E-state index contributed by atoms with van der Waals surface area (Å²) in [7, 11) is 0. The van der Waals surface area contributed by atoms with E-state index in [4.69, 9.17) is 21.1 Å². The van der Waals surface area contributed by atoms with E-state index in [2.05, 4.69) is 0 Å². The van der Waals surface area contributed by atoms with Crippen molar-refractivity contribution < 1.29 is 14.3 Å². The van der Waals surface area contributed by atoms with Crippen LogP contribution in [0.1, 0.15) is 26.4 Å². The molecule has 4 rings (SSSR count). The van der Waals surface area contributed by atoms with E-state index in [0.29, 0.717) is 34.5 Å². The number of allylic oxidation sites excluding steroid dienone is 1. The molecule has 0 bridgehead atoms. The van der Waals surface area contributed by atoms with Crippen molar-refractivity contribution in [2.45, 2.75) is 13.5 Å². The molecule has 2 aromatic carbocycles. The molecule has 0 radical (unpaired) electrons. The predicted octanol–water partition coefficient (Wildman–Crippen LogP) is 5.91. The second-order valence-electron chi connectivity index (χ2n) is 5.98. The summed E-state index contributed by atoms with van der Waals surface area (Å²) in [6.45, 7) is 2.43. The van der Waals surface area contributed by atoms with Crippen molar-refractivity contribution >= 4 is 34.8 Å². The van der Waals surface area contributed by atoms with Crippen LogP contribution in [0.2, 0.25) is 5.02 Å². The van der Waals surface area contributed by atoms with Crippen molar-refractivity contribution in [1.29, 1.82) is 0 Å². The summed E-state index contributed by atoms with van der Waals surface area (Å²) in [5.41, 5.74) is 2.70. The minimum absolute atomic E-state index is 0.1000. The molecule has 130 valence electrons. The van der Waals surface area contributed by atoms with Gasteiger partial charge in [0.15, 0.2) is 5.76 Å². The van der Waals surface area contributed by atoms with E-state index in [1.54, 1.807) is 35.6 Å². The van der Waals surface area contributed by atoms with Crippen molar-refractivity contribution in [2.24, 2.45) is 0 Å². The highest BCUT2D eigenvalue weighted by Crippen LogP contribution is 2.35. The first kappa shape index (κ1) is 16.9. The van der Waals surface area contributed by atoms with Gasteiger partial charge in [-0.1, -0.05) is 23.7 Å². The first-order chi connectivity index (χ1) is 12.6. The van der Waals surface area contributed by atoms with Crippen LogP contribution in [0, 0.1) is 6.92 Å². The summed E-state index contributed by atoms with van der Waals surface area (Å²) in [5, 5.41) is 2.69. The Kier molecular flexibility index (Phi) is 4.53. The number of ether oxygens (including phenoxy) is 2. The standard InChI is InChI=1S/C21H15ClO3S/c1-13-8-9-26-20(13)11-19-21(23)17-7-6-16(10-18(17)25-19)24-12-14-2-4-15(22)5-3-14/h2-11H,12H2,1H3. The largest absolute Gasteiger partial charge is 0.489 e. The summed E-state index contributed by atoms with van der Waals surface area (Å²) < 4.78 is 11.6. The molecule has 3 aromatic rings. The minimum Gasteiger partial charge on any atom is -0.489 e. The van der Waals surface area contributed by atoms with E-state index in [1.165, 1.54) is 0 Å². The Balaban J connectivity index is 1.51. The van der Waals surface area contributed by atoms with Gasteiger partial charge in [0.05, 0.1) is 5.56 Å². The molecule has 0 atom stereocenters. The summed E-state index contributed by atoms with van der Waals surface area (Å²) in [5.74, 6) is 1.43. The van der Waals surface area contributed by atoms with Crippen LogP contribution in [0.5, 0.6) is 11.5 Å². The fourth-order valence-electron chi connectivity index (χ4n) is 2.66. The van der Waals surface area contributed by atoms with Crippen LogP contribution < -0.4 is 9.47 Å². The molecule has 0 amide bonds. The SMILES string of the molecule is Cc1ccsc1C=C1Oc2cc(OCc3ccc(Cl)cc3)ccc2C1=O. The van der Waals surface area contributed by atoms with Crippen molar-refractivity contribution in [3.8, 4) is 11.5 Å².